The van der Waals surface area contributed by atoms with Crippen LogP contribution in [0.15, 0.2) is 24.4 Å². The Labute approximate surface area is 105 Å². The maximum Gasteiger partial charge on any atom is 0.224 e. The van der Waals surface area contributed by atoms with Gasteiger partial charge in [0.1, 0.15) is 5.15 Å². The number of nitrogens with zero attached hydrogens (tertiary/aromatic N) is 3. The Morgan fingerprint density at radius 1 is 1.24 bits per heavy atom. The monoisotopic (exact) mass is 248 g/mol. The largest absolute Gasteiger partial charge is 0.349 e. The molecule has 5 heteroatoms. The molecule has 0 saturated heterocycles. The quantitative estimate of drug-likeness (QED) is 0.849. The summed E-state index contributed by atoms with van der Waals surface area (Å²) in [5.74, 6) is 0.531. The number of halogens is 1. The van der Waals surface area contributed by atoms with Crippen molar-refractivity contribution in [3.8, 4) is 0 Å². The summed E-state index contributed by atoms with van der Waals surface area (Å²) in [7, 11) is 0. The van der Waals surface area contributed by atoms with E-state index in [1.54, 1.807) is 6.20 Å². The van der Waals surface area contributed by atoms with E-state index >= 15 is 0 Å². The van der Waals surface area contributed by atoms with E-state index < -0.39 is 0 Å². The first-order chi connectivity index (χ1) is 8.16. The molecule has 4 nitrogen and oxygen atoms in total. The smallest absolute Gasteiger partial charge is 0.224 e. The highest BCUT2D eigenvalue weighted by atomic mass is 35.5. The third-order valence-electron chi connectivity index (χ3n) is 2.48. The molecular weight excluding hydrogens is 236 g/mol. The summed E-state index contributed by atoms with van der Waals surface area (Å²) in [5, 5.41) is 3.59. The van der Waals surface area contributed by atoms with Crippen LogP contribution < -0.4 is 5.32 Å². The van der Waals surface area contributed by atoms with E-state index in [-0.39, 0.29) is 0 Å². The third-order valence-corrected chi connectivity index (χ3v) is 2.85. The van der Waals surface area contributed by atoms with Gasteiger partial charge in [0, 0.05) is 17.5 Å². The van der Waals surface area contributed by atoms with Crippen molar-refractivity contribution >= 4 is 17.5 Å². The van der Waals surface area contributed by atoms with E-state index in [0.717, 1.165) is 17.0 Å². The van der Waals surface area contributed by atoms with Gasteiger partial charge < -0.3 is 5.32 Å². The van der Waals surface area contributed by atoms with Crippen LogP contribution >= 0.6 is 11.6 Å². The maximum atomic E-state index is 5.99. The van der Waals surface area contributed by atoms with Gasteiger partial charge in [-0.25, -0.2) is 9.97 Å². The van der Waals surface area contributed by atoms with Crippen LogP contribution in [0.4, 0.5) is 5.95 Å². The van der Waals surface area contributed by atoms with Crippen molar-refractivity contribution in [2.24, 2.45) is 0 Å². The molecule has 0 aliphatic heterocycles. The van der Waals surface area contributed by atoms with Crippen molar-refractivity contribution in [1.82, 2.24) is 15.0 Å². The molecule has 0 unspecified atom stereocenters. The summed E-state index contributed by atoms with van der Waals surface area (Å²) < 4.78 is 0. The summed E-state index contributed by atoms with van der Waals surface area (Å²) in [5.41, 5.74) is 2.73. The lowest BCUT2D eigenvalue weighted by atomic mass is 10.3. The Hall–Kier alpha value is -1.68. The van der Waals surface area contributed by atoms with Gasteiger partial charge in [0.25, 0.3) is 0 Å². The first kappa shape index (κ1) is 11.8. The molecule has 0 bridgehead atoms. The third kappa shape index (κ3) is 2.91. The zero-order valence-corrected chi connectivity index (χ0v) is 10.5. The number of hydrogen-bond donors (Lipinski definition) is 1. The zero-order valence-electron chi connectivity index (χ0n) is 9.74. The SMILES string of the molecule is Cc1nc(NCc2ccccn2)nc(Cl)c1C. The molecule has 0 aliphatic rings. The molecule has 1 N–H and O–H groups in total. The summed E-state index contributed by atoms with van der Waals surface area (Å²) in [4.78, 5) is 12.7. The van der Waals surface area contributed by atoms with Gasteiger partial charge in [-0.2, -0.15) is 0 Å². The van der Waals surface area contributed by atoms with E-state index in [9.17, 15) is 0 Å². The Bertz CT molecular complexity index is 490. The van der Waals surface area contributed by atoms with Crippen LogP contribution in [0.1, 0.15) is 17.0 Å². The van der Waals surface area contributed by atoms with Gasteiger partial charge in [-0.3, -0.25) is 4.98 Å². The van der Waals surface area contributed by atoms with Crippen molar-refractivity contribution < 1.29 is 0 Å². The minimum absolute atomic E-state index is 0.487. The predicted octanol–water partition coefficient (Wildman–Crippen LogP) is 2.75. The molecule has 0 amide bonds. The van der Waals surface area contributed by atoms with Crippen LogP contribution in [0, 0.1) is 13.8 Å². The summed E-state index contributed by atoms with van der Waals surface area (Å²) in [6.45, 7) is 4.40. The van der Waals surface area contributed by atoms with Crippen molar-refractivity contribution in [2.75, 3.05) is 5.32 Å². The molecule has 0 atom stereocenters. The normalized spacial score (nSPS) is 10.3. The van der Waals surface area contributed by atoms with Gasteiger partial charge in [0.05, 0.1) is 12.2 Å². The molecule has 2 aromatic rings. The fourth-order valence-corrected chi connectivity index (χ4v) is 1.56. The van der Waals surface area contributed by atoms with E-state index in [0.29, 0.717) is 17.6 Å². The van der Waals surface area contributed by atoms with Crippen LogP contribution in [-0.4, -0.2) is 15.0 Å². The van der Waals surface area contributed by atoms with E-state index in [1.807, 2.05) is 32.0 Å². The zero-order chi connectivity index (χ0) is 12.3. The van der Waals surface area contributed by atoms with E-state index in [2.05, 4.69) is 20.3 Å². The van der Waals surface area contributed by atoms with Crippen LogP contribution in [0.5, 0.6) is 0 Å². The first-order valence-corrected chi connectivity index (χ1v) is 5.69. The standard InChI is InChI=1S/C12H13ClN4/c1-8-9(2)16-12(17-11(8)13)15-7-10-5-3-4-6-14-10/h3-6H,7H2,1-2H3,(H,15,16,17). The molecule has 88 valence electrons. The fraction of sp³-hybridized carbons (Fsp3) is 0.250. The topological polar surface area (TPSA) is 50.7 Å². The molecular formula is C12H13ClN4. The van der Waals surface area contributed by atoms with Crippen molar-refractivity contribution in [3.05, 3.63) is 46.5 Å². The number of hydrogen-bond acceptors (Lipinski definition) is 4. The molecule has 0 aliphatic carbocycles. The van der Waals surface area contributed by atoms with Gasteiger partial charge in [-0.1, -0.05) is 17.7 Å². The number of rotatable bonds is 3. The predicted molar refractivity (Wildman–Crippen MR) is 68.1 cm³/mol. The van der Waals surface area contributed by atoms with Gasteiger partial charge in [-0.05, 0) is 26.0 Å². The Morgan fingerprint density at radius 2 is 2.06 bits per heavy atom. The number of pyridine rings is 1. The minimum Gasteiger partial charge on any atom is -0.349 e. The van der Waals surface area contributed by atoms with Gasteiger partial charge >= 0.3 is 0 Å². The lowest BCUT2D eigenvalue weighted by Gasteiger charge is -2.07. The second-order valence-corrected chi connectivity index (χ2v) is 4.08. The highest BCUT2D eigenvalue weighted by molar-refractivity contribution is 6.30. The maximum absolute atomic E-state index is 5.99. The Balaban J connectivity index is 2.10. The van der Waals surface area contributed by atoms with Gasteiger partial charge in [0.2, 0.25) is 5.95 Å². The molecule has 0 spiro atoms. The second-order valence-electron chi connectivity index (χ2n) is 3.72. The van der Waals surface area contributed by atoms with Crippen LogP contribution in [0.3, 0.4) is 0 Å². The van der Waals surface area contributed by atoms with Crippen LogP contribution in [-0.2, 0) is 6.54 Å². The highest BCUT2D eigenvalue weighted by Crippen LogP contribution is 2.16. The van der Waals surface area contributed by atoms with Crippen molar-refractivity contribution in [2.45, 2.75) is 20.4 Å². The number of aryl methyl sites for hydroxylation is 1. The minimum atomic E-state index is 0.487. The Morgan fingerprint density at radius 3 is 2.71 bits per heavy atom. The molecule has 2 aromatic heterocycles. The molecule has 0 aromatic carbocycles. The summed E-state index contributed by atoms with van der Waals surface area (Å²) >= 11 is 5.99. The van der Waals surface area contributed by atoms with Crippen LogP contribution in [0.25, 0.3) is 0 Å². The average Bonchev–Trinajstić information content (AvgIpc) is 2.34. The van der Waals surface area contributed by atoms with Gasteiger partial charge in [-0.15, -0.1) is 0 Å². The molecule has 2 rings (SSSR count). The summed E-state index contributed by atoms with van der Waals surface area (Å²) in [6.07, 6.45) is 1.76. The molecule has 17 heavy (non-hydrogen) atoms. The first-order valence-electron chi connectivity index (χ1n) is 5.31. The molecule has 2 heterocycles. The number of nitrogens with one attached hydrogen (secondary N) is 1. The van der Waals surface area contributed by atoms with Crippen LogP contribution in [0.2, 0.25) is 5.15 Å². The lowest BCUT2D eigenvalue weighted by molar-refractivity contribution is 0.979. The molecule has 0 radical (unpaired) electrons. The Kier molecular flexibility index (Phi) is 3.54. The number of anilines is 1. The fourth-order valence-electron chi connectivity index (χ4n) is 1.35. The molecule has 0 fully saturated rings. The van der Waals surface area contributed by atoms with Crippen molar-refractivity contribution in [1.29, 1.82) is 0 Å². The summed E-state index contributed by atoms with van der Waals surface area (Å²) in [6, 6.07) is 5.76. The van der Waals surface area contributed by atoms with E-state index in [1.165, 1.54) is 0 Å². The lowest BCUT2D eigenvalue weighted by Crippen LogP contribution is -2.06. The van der Waals surface area contributed by atoms with Crippen molar-refractivity contribution in [3.63, 3.8) is 0 Å². The second kappa shape index (κ2) is 5.10. The molecule has 0 saturated carbocycles. The average molecular weight is 249 g/mol. The van der Waals surface area contributed by atoms with Gasteiger partial charge in [0.15, 0.2) is 0 Å². The highest BCUT2D eigenvalue weighted by Gasteiger charge is 2.05. The number of aromatic nitrogens is 3. The van der Waals surface area contributed by atoms with E-state index in [4.69, 9.17) is 11.6 Å².